The van der Waals surface area contributed by atoms with Crippen molar-refractivity contribution < 1.29 is 4.52 Å². The van der Waals surface area contributed by atoms with Crippen molar-refractivity contribution >= 4 is 41.3 Å². The van der Waals surface area contributed by atoms with Gasteiger partial charge in [0.1, 0.15) is 0 Å². The highest BCUT2D eigenvalue weighted by Crippen LogP contribution is 2.36. The molecule has 0 saturated carbocycles. The smallest absolute Gasteiger partial charge is 0.226 e. The Morgan fingerprint density at radius 2 is 2.23 bits per heavy atom. The van der Waals surface area contributed by atoms with Crippen LogP contribution in [0, 0.1) is 5.92 Å². The molecule has 0 aromatic carbocycles. The fourth-order valence-electron chi connectivity index (χ4n) is 3.88. The van der Waals surface area contributed by atoms with E-state index in [2.05, 4.69) is 69.1 Å². The summed E-state index contributed by atoms with van der Waals surface area (Å²) in [5.41, 5.74) is 0. The molecule has 2 aromatic rings. The topological polar surface area (TPSA) is 78.6 Å². The van der Waals surface area contributed by atoms with Gasteiger partial charge in [0.05, 0.1) is 0 Å². The monoisotopic (exact) mass is 546 g/mol. The standard InChI is InChI=1S/C21H34N6OS.HI/c1-15(2)20-25-18(28-26-20)10-5-11-23-21(22-3)24-14-16-8-6-12-27(4)19(16)17-9-7-13-29-17;/h7,9,13,15-16,19H,5-6,8,10-12,14H2,1-4H3,(H2,22,23,24);1H. The number of likely N-dealkylation sites (tertiary alicyclic amines) is 1. The molecule has 9 heteroatoms. The van der Waals surface area contributed by atoms with E-state index in [1.165, 1.54) is 24.3 Å². The molecule has 30 heavy (non-hydrogen) atoms. The Morgan fingerprint density at radius 3 is 2.90 bits per heavy atom. The predicted molar refractivity (Wildman–Crippen MR) is 134 cm³/mol. The molecule has 0 amide bonds. The molecule has 2 unspecified atom stereocenters. The highest BCUT2D eigenvalue weighted by molar-refractivity contribution is 14.0. The van der Waals surface area contributed by atoms with Crippen molar-refractivity contribution in [2.45, 2.75) is 51.5 Å². The van der Waals surface area contributed by atoms with E-state index < -0.39 is 0 Å². The molecule has 0 bridgehead atoms. The molecule has 2 atom stereocenters. The van der Waals surface area contributed by atoms with Crippen molar-refractivity contribution in [3.05, 3.63) is 34.1 Å². The number of halogens is 1. The number of nitrogens with one attached hydrogen (secondary N) is 2. The van der Waals surface area contributed by atoms with Crippen molar-refractivity contribution in [2.75, 3.05) is 33.7 Å². The number of aliphatic imine (C=N–C) groups is 1. The van der Waals surface area contributed by atoms with E-state index in [-0.39, 0.29) is 24.0 Å². The van der Waals surface area contributed by atoms with Crippen molar-refractivity contribution in [1.29, 1.82) is 0 Å². The Labute approximate surface area is 201 Å². The van der Waals surface area contributed by atoms with Crippen molar-refractivity contribution in [3.8, 4) is 0 Å². The van der Waals surface area contributed by atoms with Crippen molar-refractivity contribution in [1.82, 2.24) is 25.7 Å². The van der Waals surface area contributed by atoms with Crippen LogP contribution in [0.4, 0.5) is 0 Å². The number of nitrogens with zero attached hydrogens (tertiary/aromatic N) is 4. The Balaban J connectivity index is 0.00000320. The second-order valence-corrected chi connectivity index (χ2v) is 9.01. The normalized spacial score (nSPS) is 20.2. The van der Waals surface area contributed by atoms with E-state index in [0.29, 0.717) is 23.8 Å². The fraction of sp³-hybridized carbons (Fsp3) is 0.667. The lowest BCUT2D eigenvalue weighted by molar-refractivity contribution is 0.125. The molecule has 0 aliphatic carbocycles. The van der Waals surface area contributed by atoms with Crippen LogP contribution in [0.5, 0.6) is 0 Å². The fourth-order valence-corrected chi connectivity index (χ4v) is 4.86. The van der Waals surface area contributed by atoms with Crippen LogP contribution in [0.3, 0.4) is 0 Å². The first-order valence-corrected chi connectivity index (χ1v) is 11.5. The highest BCUT2D eigenvalue weighted by atomic mass is 127. The van der Waals surface area contributed by atoms with Gasteiger partial charge in [0.2, 0.25) is 5.89 Å². The minimum Gasteiger partial charge on any atom is -0.356 e. The van der Waals surface area contributed by atoms with Gasteiger partial charge in [-0.15, -0.1) is 35.3 Å². The van der Waals surface area contributed by atoms with Crippen LogP contribution in [0.2, 0.25) is 0 Å². The molecule has 1 aliphatic rings. The number of aryl methyl sites for hydroxylation is 1. The number of guanidine groups is 1. The lowest BCUT2D eigenvalue weighted by atomic mass is 9.88. The number of thiophene rings is 1. The van der Waals surface area contributed by atoms with Crippen LogP contribution in [-0.4, -0.2) is 54.7 Å². The summed E-state index contributed by atoms with van der Waals surface area (Å²) in [6, 6.07) is 4.91. The maximum Gasteiger partial charge on any atom is 0.226 e. The van der Waals surface area contributed by atoms with Crippen LogP contribution >= 0.6 is 35.3 Å². The molecule has 1 saturated heterocycles. The highest BCUT2D eigenvalue weighted by Gasteiger charge is 2.31. The van der Waals surface area contributed by atoms with Crippen LogP contribution in [0.25, 0.3) is 0 Å². The van der Waals surface area contributed by atoms with Gasteiger partial charge < -0.3 is 15.2 Å². The Morgan fingerprint density at radius 1 is 1.40 bits per heavy atom. The van der Waals surface area contributed by atoms with E-state index >= 15 is 0 Å². The van der Waals surface area contributed by atoms with Gasteiger partial charge in [-0.05, 0) is 50.2 Å². The molecular formula is C21H35IN6OS. The zero-order valence-electron chi connectivity index (χ0n) is 18.4. The number of rotatable bonds is 8. The summed E-state index contributed by atoms with van der Waals surface area (Å²) < 4.78 is 5.30. The van der Waals surface area contributed by atoms with E-state index in [0.717, 1.165) is 37.7 Å². The summed E-state index contributed by atoms with van der Waals surface area (Å²) in [5, 5.41) is 13.1. The second-order valence-electron chi connectivity index (χ2n) is 8.03. The molecule has 2 aromatic heterocycles. The average molecular weight is 547 g/mol. The number of aromatic nitrogens is 2. The summed E-state index contributed by atoms with van der Waals surface area (Å²) in [6.07, 6.45) is 4.19. The van der Waals surface area contributed by atoms with E-state index in [1.807, 2.05) is 18.4 Å². The van der Waals surface area contributed by atoms with Gasteiger partial charge >= 0.3 is 0 Å². The van der Waals surface area contributed by atoms with Crippen LogP contribution in [-0.2, 0) is 6.42 Å². The van der Waals surface area contributed by atoms with E-state index in [9.17, 15) is 0 Å². The summed E-state index contributed by atoms with van der Waals surface area (Å²) >= 11 is 1.86. The first-order chi connectivity index (χ1) is 14.1. The molecular weight excluding hydrogens is 511 g/mol. The van der Waals surface area contributed by atoms with Gasteiger partial charge in [-0.25, -0.2) is 0 Å². The third-order valence-corrected chi connectivity index (χ3v) is 6.40. The van der Waals surface area contributed by atoms with Gasteiger partial charge in [-0.1, -0.05) is 25.1 Å². The SMILES string of the molecule is CN=C(NCCCc1nc(C(C)C)no1)NCC1CCCN(C)C1c1cccs1.I. The molecule has 0 spiro atoms. The zero-order chi connectivity index (χ0) is 20.6. The largest absolute Gasteiger partial charge is 0.356 e. The third-order valence-electron chi connectivity index (χ3n) is 5.46. The summed E-state index contributed by atoms with van der Waals surface area (Å²) in [5.74, 6) is 3.23. The number of piperidine rings is 1. The van der Waals surface area contributed by atoms with Crippen LogP contribution in [0.15, 0.2) is 27.0 Å². The summed E-state index contributed by atoms with van der Waals surface area (Å²) in [4.78, 5) is 12.8. The van der Waals surface area contributed by atoms with Gasteiger partial charge in [-0.2, -0.15) is 4.98 Å². The molecule has 3 rings (SSSR count). The summed E-state index contributed by atoms with van der Waals surface area (Å²) in [7, 11) is 4.07. The van der Waals surface area contributed by atoms with E-state index in [4.69, 9.17) is 4.52 Å². The quantitative estimate of drug-likeness (QED) is 0.225. The molecule has 168 valence electrons. The van der Waals surface area contributed by atoms with Crippen LogP contribution < -0.4 is 10.6 Å². The Hall–Kier alpha value is -1.20. The predicted octanol–water partition coefficient (Wildman–Crippen LogP) is 4.05. The molecule has 7 nitrogen and oxygen atoms in total. The number of hydrogen-bond acceptors (Lipinski definition) is 6. The minimum atomic E-state index is 0. The minimum absolute atomic E-state index is 0. The molecule has 0 radical (unpaired) electrons. The molecule has 2 N–H and O–H groups in total. The third kappa shape index (κ3) is 6.91. The Kier molecular flexibility index (Phi) is 10.5. The lowest BCUT2D eigenvalue weighted by Crippen LogP contribution is -2.45. The maximum absolute atomic E-state index is 5.30. The molecule has 1 fully saturated rings. The average Bonchev–Trinajstić information content (AvgIpc) is 3.39. The lowest BCUT2D eigenvalue weighted by Gasteiger charge is -2.39. The van der Waals surface area contributed by atoms with Crippen molar-refractivity contribution in [3.63, 3.8) is 0 Å². The van der Waals surface area contributed by atoms with Crippen molar-refractivity contribution in [2.24, 2.45) is 10.9 Å². The second kappa shape index (κ2) is 12.6. The number of hydrogen-bond donors (Lipinski definition) is 2. The summed E-state index contributed by atoms with van der Waals surface area (Å²) in [6.45, 7) is 7.05. The van der Waals surface area contributed by atoms with E-state index in [1.54, 1.807) is 0 Å². The van der Waals surface area contributed by atoms with Gasteiger partial charge in [-0.3, -0.25) is 9.89 Å². The van der Waals surface area contributed by atoms with Crippen LogP contribution in [0.1, 0.15) is 61.7 Å². The van der Waals surface area contributed by atoms with Gasteiger partial charge in [0.15, 0.2) is 11.8 Å². The first kappa shape index (κ1) is 25.1. The zero-order valence-corrected chi connectivity index (χ0v) is 21.6. The van der Waals surface area contributed by atoms with Gasteiger partial charge in [0, 0.05) is 43.4 Å². The van der Waals surface area contributed by atoms with Gasteiger partial charge in [0.25, 0.3) is 0 Å². The Bertz CT molecular complexity index is 763. The first-order valence-electron chi connectivity index (χ1n) is 10.6. The maximum atomic E-state index is 5.30. The molecule has 3 heterocycles. The molecule has 1 aliphatic heterocycles.